The second-order valence-electron chi connectivity index (χ2n) is 7.16. The molecule has 2 aromatic carbocycles. The van der Waals surface area contributed by atoms with E-state index in [1.165, 1.54) is 28.6 Å². The Morgan fingerprint density at radius 2 is 1.48 bits per heavy atom. The molecule has 3 rings (SSSR count). The second kappa shape index (κ2) is 8.95. The second-order valence-corrected chi connectivity index (χ2v) is 11.0. The van der Waals surface area contributed by atoms with E-state index in [2.05, 4.69) is 0 Å². The minimum Gasteiger partial charge on any atom is -0.207 e. The molecule has 1 fully saturated rings. The van der Waals surface area contributed by atoms with E-state index in [1.54, 1.807) is 18.2 Å². The Kier molecular flexibility index (Phi) is 6.78. The van der Waals surface area contributed by atoms with Crippen LogP contribution in [0.15, 0.2) is 64.4 Å². The number of sulfonamides is 2. The fourth-order valence-corrected chi connectivity index (χ4v) is 7.00. The summed E-state index contributed by atoms with van der Waals surface area (Å²) in [5.74, 6) is 0. The lowest BCUT2D eigenvalue weighted by molar-refractivity contribution is 0.385. The molecule has 8 heteroatoms. The monoisotopic (exact) mass is 436 g/mol. The van der Waals surface area contributed by atoms with Crippen molar-refractivity contribution >= 4 is 20.0 Å². The normalized spacial score (nSPS) is 18.4. The average molecular weight is 437 g/mol. The number of hydrogen-bond donors (Lipinski definition) is 0. The molecule has 1 aliphatic heterocycles. The third-order valence-electron chi connectivity index (χ3n) is 5.41. The lowest BCUT2D eigenvalue weighted by Gasteiger charge is -2.24. The molecule has 2 aromatic rings. The van der Waals surface area contributed by atoms with E-state index in [-0.39, 0.29) is 15.8 Å². The highest BCUT2D eigenvalue weighted by Crippen LogP contribution is 2.29. The topological polar surface area (TPSA) is 74.8 Å². The summed E-state index contributed by atoms with van der Waals surface area (Å²) in [7, 11) is -7.29. The molecule has 0 amide bonds. The van der Waals surface area contributed by atoms with Crippen LogP contribution in [0.25, 0.3) is 0 Å². The van der Waals surface area contributed by atoms with Crippen molar-refractivity contribution in [2.45, 2.75) is 48.9 Å². The van der Waals surface area contributed by atoms with Gasteiger partial charge in [0.25, 0.3) is 0 Å². The van der Waals surface area contributed by atoms with Crippen LogP contribution < -0.4 is 0 Å². The molecule has 0 radical (unpaired) electrons. The zero-order valence-electron chi connectivity index (χ0n) is 16.9. The van der Waals surface area contributed by atoms with Crippen LogP contribution in [0.3, 0.4) is 0 Å². The number of benzene rings is 2. The van der Waals surface area contributed by atoms with Crippen LogP contribution in [0.1, 0.15) is 32.3 Å². The van der Waals surface area contributed by atoms with Crippen LogP contribution in [-0.4, -0.2) is 51.1 Å². The molecule has 0 aromatic heterocycles. The predicted molar refractivity (Wildman–Crippen MR) is 114 cm³/mol. The molecular formula is C21H28N2O4S2. The van der Waals surface area contributed by atoms with Gasteiger partial charge in [0, 0.05) is 25.7 Å². The Balaban J connectivity index is 1.84. The predicted octanol–water partition coefficient (Wildman–Crippen LogP) is 3.11. The molecule has 1 unspecified atom stereocenters. The van der Waals surface area contributed by atoms with E-state index in [0.29, 0.717) is 26.1 Å². The summed E-state index contributed by atoms with van der Waals surface area (Å²) < 4.78 is 54.6. The van der Waals surface area contributed by atoms with Crippen molar-refractivity contribution in [3.63, 3.8) is 0 Å². The van der Waals surface area contributed by atoms with Crippen molar-refractivity contribution in [2.75, 3.05) is 19.6 Å². The van der Waals surface area contributed by atoms with Crippen LogP contribution in [0.5, 0.6) is 0 Å². The molecular weight excluding hydrogens is 408 g/mol. The van der Waals surface area contributed by atoms with Gasteiger partial charge in [-0.3, -0.25) is 0 Å². The summed E-state index contributed by atoms with van der Waals surface area (Å²) in [4.78, 5) is 0.248. The van der Waals surface area contributed by atoms with Crippen LogP contribution in [0.4, 0.5) is 0 Å². The molecule has 0 bridgehead atoms. The highest BCUT2D eigenvalue weighted by atomic mass is 32.2. The summed E-state index contributed by atoms with van der Waals surface area (Å²) >= 11 is 0. The smallest absolute Gasteiger partial charge is 0.207 e. The highest BCUT2D eigenvalue weighted by Gasteiger charge is 2.35. The Labute approximate surface area is 174 Å². The van der Waals surface area contributed by atoms with Gasteiger partial charge in [0.1, 0.15) is 0 Å². The molecule has 1 atom stereocenters. The number of rotatable bonds is 8. The van der Waals surface area contributed by atoms with E-state index in [9.17, 15) is 16.8 Å². The first-order valence-corrected chi connectivity index (χ1v) is 12.8. The Hall–Kier alpha value is -1.74. The molecule has 1 saturated heterocycles. The zero-order valence-corrected chi connectivity index (χ0v) is 18.5. The summed E-state index contributed by atoms with van der Waals surface area (Å²) in [5, 5.41) is 0. The van der Waals surface area contributed by atoms with Gasteiger partial charge in [-0.1, -0.05) is 44.2 Å². The van der Waals surface area contributed by atoms with E-state index in [0.717, 1.165) is 18.4 Å². The fourth-order valence-electron chi connectivity index (χ4n) is 3.85. The molecule has 0 aliphatic carbocycles. The number of hydrogen-bond acceptors (Lipinski definition) is 4. The van der Waals surface area contributed by atoms with E-state index in [1.807, 2.05) is 30.3 Å². The molecule has 0 N–H and O–H groups in total. The molecule has 0 saturated carbocycles. The minimum atomic E-state index is -3.68. The molecule has 29 heavy (non-hydrogen) atoms. The first-order chi connectivity index (χ1) is 13.8. The summed E-state index contributed by atoms with van der Waals surface area (Å²) in [5.41, 5.74) is 1.11. The van der Waals surface area contributed by atoms with Gasteiger partial charge in [-0.15, -0.1) is 0 Å². The largest absolute Gasteiger partial charge is 0.243 e. The van der Waals surface area contributed by atoms with Gasteiger partial charge in [-0.2, -0.15) is 8.61 Å². The van der Waals surface area contributed by atoms with Crippen molar-refractivity contribution in [3.05, 3.63) is 60.2 Å². The lowest BCUT2D eigenvalue weighted by Crippen LogP contribution is -2.36. The third kappa shape index (κ3) is 4.55. The van der Waals surface area contributed by atoms with Gasteiger partial charge in [0.2, 0.25) is 20.0 Å². The molecule has 1 aliphatic rings. The van der Waals surface area contributed by atoms with Crippen molar-refractivity contribution in [3.8, 4) is 0 Å². The van der Waals surface area contributed by atoms with Gasteiger partial charge >= 0.3 is 0 Å². The van der Waals surface area contributed by atoms with Crippen molar-refractivity contribution in [1.82, 2.24) is 8.61 Å². The summed E-state index contributed by atoms with van der Waals surface area (Å²) in [6.07, 6.45) is 2.32. The van der Waals surface area contributed by atoms with Crippen molar-refractivity contribution < 1.29 is 16.8 Å². The summed E-state index contributed by atoms with van der Waals surface area (Å²) in [6, 6.07) is 15.4. The maximum absolute atomic E-state index is 13.2. The van der Waals surface area contributed by atoms with Crippen LogP contribution in [0.2, 0.25) is 0 Å². The number of nitrogens with zero attached hydrogens (tertiary/aromatic N) is 2. The summed E-state index contributed by atoms with van der Waals surface area (Å²) in [6.45, 7) is 4.78. The third-order valence-corrected chi connectivity index (χ3v) is 9.44. The minimum absolute atomic E-state index is 0.0820. The van der Waals surface area contributed by atoms with E-state index < -0.39 is 20.0 Å². The van der Waals surface area contributed by atoms with Crippen LogP contribution in [0, 0.1) is 0 Å². The molecule has 6 nitrogen and oxygen atoms in total. The van der Waals surface area contributed by atoms with Crippen LogP contribution >= 0.6 is 0 Å². The van der Waals surface area contributed by atoms with Gasteiger partial charge in [-0.25, -0.2) is 16.8 Å². The van der Waals surface area contributed by atoms with Crippen LogP contribution in [-0.2, 0) is 26.5 Å². The maximum atomic E-state index is 13.2. The van der Waals surface area contributed by atoms with E-state index >= 15 is 0 Å². The first kappa shape index (κ1) is 22.0. The highest BCUT2D eigenvalue weighted by molar-refractivity contribution is 7.89. The van der Waals surface area contributed by atoms with Crippen molar-refractivity contribution in [1.29, 1.82) is 0 Å². The Morgan fingerprint density at radius 3 is 2.07 bits per heavy atom. The fraction of sp³-hybridized carbons (Fsp3) is 0.429. The maximum Gasteiger partial charge on any atom is 0.243 e. The molecule has 158 valence electrons. The van der Waals surface area contributed by atoms with Gasteiger partial charge in [0.05, 0.1) is 9.79 Å². The zero-order chi connectivity index (χ0) is 21.1. The molecule has 0 spiro atoms. The Morgan fingerprint density at radius 1 is 0.897 bits per heavy atom. The Bertz CT molecular complexity index is 1020. The van der Waals surface area contributed by atoms with Gasteiger partial charge in [-0.05, 0) is 49.1 Å². The van der Waals surface area contributed by atoms with E-state index in [4.69, 9.17) is 0 Å². The SMILES string of the molecule is CCN(CC)S(=O)(=O)c1ccc(S(=O)(=O)N2CCCC2Cc2ccccc2)cc1. The quantitative estimate of drug-likeness (QED) is 0.637. The van der Waals surface area contributed by atoms with Gasteiger partial charge in [0.15, 0.2) is 0 Å². The lowest BCUT2D eigenvalue weighted by atomic mass is 10.1. The van der Waals surface area contributed by atoms with Gasteiger partial charge < -0.3 is 0 Å². The van der Waals surface area contributed by atoms with Crippen molar-refractivity contribution in [2.24, 2.45) is 0 Å². The first-order valence-electron chi connectivity index (χ1n) is 9.96. The molecule has 1 heterocycles. The standard InChI is InChI=1S/C21H28N2O4S2/c1-3-22(4-2)28(24,25)20-12-14-21(15-13-20)29(26,27)23-16-8-11-19(23)17-18-9-6-5-7-10-18/h5-7,9-10,12-15,19H,3-4,8,11,16-17H2,1-2H3. The average Bonchev–Trinajstić information content (AvgIpc) is 3.18.